The third-order valence-electron chi connectivity index (χ3n) is 3.21. The van der Waals surface area contributed by atoms with E-state index >= 15 is 0 Å². The molecule has 0 aromatic rings. The fraction of sp³-hybridized carbons (Fsp3) is 0.929. The van der Waals surface area contributed by atoms with Crippen molar-refractivity contribution in [2.75, 3.05) is 26.2 Å². The van der Waals surface area contributed by atoms with Crippen LogP contribution in [0.15, 0.2) is 0 Å². The molecule has 1 saturated carbocycles. The first-order valence-electron chi connectivity index (χ1n) is 7.21. The fourth-order valence-corrected chi connectivity index (χ4v) is 2.10. The molecule has 0 spiro atoms. The first-order valence-corrected chi connectivity index (χ1v) is 7.21. The van der Waals surface area contributed by atoms with Gasteiger partial charge in [-0.3, -0.25) is 4.79 Å². The summed E-state index contributed by atoms with van der Waals surface area (Å²) >= 11 is 0. The molecule has 18 heavy (non-hydrogen) atoms. The summed E-state index contributed by atoms with van der Waals surface area (Å²) in [5.74, 6) is 0.729. The molecule has 1 N–H and O–H groups in total. The maximum atomic E-state index is 11.9. The third-order valence-corrected chi connectivity index (χ3v) is 3.21. The highest BCUT2D eigenvalue weighted by molar-refractivity contribution is 5.76. The van der Waals surface area contributed by atoms with E-state index in [2.05, 4.69) is 31.0 Å². The van der Waals surface area contributed by atoms with Crippen LogP contribution >= 0.6 is 0 Å². The molecule has 0 aromatic carbocycles. The normalized spacial score (nSPS) is 17.2. The summed E-state index contributed by atoms with van der Waals surface area (Å²) in [6.07, 6.45) is 2.69. The quantitative estimate of drug-likeness (QED) is 0.637. The molecule has 0 heterocycles. The molecular weight excluding hydrogens is 228 g/mol. The topological polar surface area (TPSA) is 41.6 Å². The summed E-state index contributed by atoms with van der Waals surface area (Å²) in [5.41, 5.74) is 0. The highest BCUT2D eigenvalue weighted by atomic mass is 16.5. The van der Waals surface area contributed by atoms with Crippen LogP contribution in [0.1, 0.15) is 40.5 Å². The van der Waals surface area contributed by atoms with Gasteiger partial charge in [0.15, 0.2) is 0 Å². The Hall–Kier alpha value is -0.610. The average Bonchev–Trinajstić information content (AvgIpc) is 3.10. The Balaban J connectivity index is 2.48. The SMILES string of the molecule is CCOC(=O)C(CN(CC)CC1CC1)NC(C)C. The van der Waals surface area contributed by atoms with Crippen molar-refractivity contribution in [3.05, 3.63) is 0 Å². The van der Waals surface area contributed by atoms with Gasteiger partial charge in [0.2, 0.25) is 0 Å². The van der Waals surface area contributed by atoms with E-state index in [1.807, 2.05) is 6.92 Å². The fourth-order valence-electron chi connectivity index (χ4n) is 2.10. The molecule has 1 atom stereocenters. The van der Waals surface area contributed by atoms with Crippen molar-refractivity contribution in [3.8, 4) is 0 Å². The van der Waals surface area contributed by atoms with Crippen molar-refractivity contribution in [2.45, 2.75) is 52.6 Å². The van der Waals surface area contributed by atoms with Gasteiger partial charge in [-0.05, 0) is 32.2 Å². The number of rotatable bonds is 9. The van der Waals surface area contributed by atoms with Gasteiger partial charge < -0.3 is 15.0 Å². The van der Waals surface area contributed by atoms with Crippen LogP contribution in [-0.2, 0) is 9.53 Å². The van der Waals surface area contributed by atoms with E-state index < -0.39 is 0 Å². The number of esters is 1. The highest BCUT2D eigenvalue weighted by Gasteiger charge is 2.27. The molecule has 1 unspecified atom stereocenters. The Kier molecular flexibility index (Phi) is 6.65. The van der Waals surface area contributed by atoms with Crippen LogP contribution in [-0.4, -0.2) is 49.2 Å². The van der Waals surface area contributed by atoms with Crippen LogP contribution in [0.3, 0.4) is 0 Å². The first kappa shape index (κ1) is 15.4. The zero-order valence-electron chi connectivity index (χ0n) is 12.2. The molecule has 0 radical (unpaired) electrons. The molecule has 106 valence electrons. The molecule has 0 bridgehead atoms. The lowest BCUT2D eigenvalue weighted by atomic mass is 10.2. The predicted molar refractivity (Wildman–Crippen MR) is 73.5 cm³/mol. The van der Waals surface area contributed by atoms with E-state index in [1.165, 1.54) is 12.8 Å². The number of nitrogens with zero attached hydrogens (tertiary/aromatic N) is 1. The number of carbonyl (C=O) groups is 1. The van der Waals surface area contributed by atoms with Crippen molar-refractivity contribution in [1.82, 2.24) is 10.2 Å². The molecule has 1 aliphatic rings. The lowest BCUT2D eigenvalue weighted by Gasteiger charge is -2.27. The van der Waals surface area contributed by atoms with Gasteiger partial charge in [-0.1, -0.05) is 20.8 Å². The number of hydrogen-bond acceptors (Lipinski definition) is 4. The van der Waals surface area contributed by atoms with Gasteiger partial charge in [-0.25, -0.2) is 0 Å². The van der Waals surface area contributed by atoms with E-state index in [4.69, 9.17) is 4.74 Å². The zero-order valence-corrected chi connectivity index (χ0v) is 12.2. The van der Waals surface area contributed by atoms with E-state index in [0.29, 0.717) is 12.6 Å². The Labute approximate surface area is 111 Å². The summed E-state index contributed by atoms with van der Waals surface area (Å²) in [5, 5.41) is 3.31. The van der Waals surface area contributed by atoms with E-state index in [9.17, 15) is 4.79 Å². The van der Waals surface area contributed by atoms with Crippen LogP contribution in [0.2, 0.25) is 0 Å². The lowest BCUT2D eigenvalue weighted by Crippen LogP contribution is -2.49. The molecule has 0 amide bonds. The molecule has 1 rings (SSSR count). The molecule has 0 saturated heterocycles. The van der Waals surface area contributed by atoms with Crippen molar-refractivity contribution >= 4 is 5.97 Å². The minimum Gasteiger partial charge on any atom is -0.465 e. The molecule has 1 aliphatic carbocycles. The summed E-state index contributed by atoms with van der Waals surface area (Å²) in [4.78, 5) is 14.3. The molecule has 4 heteroatoms. The Morgan fingerprint density at radius 2 is 2.06 bits per heavy atom. The predicted octanol–water partition coefficient (Wildman–Crippen LogP) is 1.65. The van der Waals surface area contributed by atoms with E-state index in [-0.39, 0.29) is 12.0 Å². The second-order valence-electron chi connectivity index (χ2n) is 5.42. The molecule has 0 aromatic heterocycles. The maximum absolute atomic E-state index is 11.9. The van der Waals surface area contributed by atoms with Crippen molar-refractivity contribution in [1.29, 1.82) is 0 Å². The summed E-state index contributed by atoms with van der Waals surface area (Å²) in [6.45, 7) is 11.4. The zero-order chi connectivity index (χ0) is 13.5. The van der Waals surface area contributed by atoms with Crippen molar-refractivity contribution < 1.29 is 9.53 Å². The van der Waals surface area contributed by atoms with Crippen LogP contribution in [0.25, 0.3) is 0 Å². The Bertz CT molecular complexity index is 252. The van der Waals surface area contributed by atoms with Gasteiger partial charge in [0.05, 0.1) is 6.61 Å². The lowest BCUT2D eigenvalue weighted by molar-refractivity contribution is -0.146. The van der Waals surface area contributed by atoms with Gasteiger partial charge >= 0.3 is 5.97 Å². The molecule has 1 fully saturated rings. The van der Waals surface area contributed by atoms with Crippen LogP contribution in [0.4, 0.5) is 0 Å². The average molecular weight is 256 g/mol. The summed E-state index contributed by atoms with van der Waals surface area (Å²) in [6, 6.07) is 0.0858. The molecule has 4 nitrogen and oxygen atoms in total. The number of nitrogens with one attached hydrogen (secondary N) is 1. The van der Waals surface area contributed by atoms with E-state index in [1.54, 1.807) is 0 Å². The Morgan fingerprint density at radius 1 is 1.39 bits per heavy atom. The first-order chi connectivity index (χ1) is 8.56. The number of hydrogen-bond donors (Lipinski definition) is 1. The summed E-state index contributed by atoms with van der Waals surface area (Å²) in [7, 11) is 0. The summed E-state index contributed by atoms with van der Waals surface area (Å²) < 4.78 is 5.14. The van der Waals surface area contributed by atoms with Gasteiger partial charge in [-0.2, -0.15) is 0 Å². The van der Waals surface area contributed by atoms with E-state index in [0.717, 1.165) is 25.6 Å². The largest absolute Gasteiger partial charge is 0.465 e. The smallest absolute Gasteiger partial charge is 0.324 e. The maximum Gasteiger partial charge on any atom is 0.324 e. The van der Waals surface area contributed by atoms with Gasteiger partial charge in [0.1, 0.15) is 6.04 Å². The van der Waals surface area contributed by atoms with Gasteiger partial charge in [0, 0.05) is 19.1 Å². The van der Waals surface area contributed by atoms with Crippen LogP contribution in [0.5, 0.6) is 0 Å². The molecular formula is C14H28N2O2. The van der Waals surface area contributed by atoms with Gasteiger partial charge in [0.25, 0.3) is 0 Å². The van der Waals surface area contributed by atoms with Crippen molar-refractivity contribution in [2.24, 2.45) is 5.92 Å². The number of likely N-dealkylation sites (N-methyl/N-ethyl adjacent to an activating group) is 1. The minimum absolute atomic E-state index is 0.125. The monoisotopic (exact) mass is 256 g/mol. The van der Waals surface area contributed by atoms with Crippen LogP contribution in [0, 0.1) is 5.92 Å². The Morgan fingerprint density at radius 3 is 2.50 bits per heavy atom. The second-order valence-corrected chi connectivity index (χ2v) is 5.42. The number of carbonyl (C=O) groups excluding carboxylic acids is 1. The van der Waals surface area contributed by atoms with Crippen LogP contribution < -0.4 is 5.32 Å². The third kappa shape index (κ3) is 5.83. The van der Waals surface area contributed by atoms with Gasteiger partial charge in [-0.15, -0.1) is 0 Å². The molecule has 0 aliphatic heterocycles. The minimum atomic E-state index is -0.205. The number of ether oxygens (including phenoxy) is 1. The highest BCUT2D eigenvalue weighted by Crippen LogP contribution is 2.29. The second kappa shape index (κ2) is 7.74. The standard InChI is InChI=1S/C14H28N2O2/c1-5-16(9-12-7-8-12)10-13(15-11(3)4)14(17)18-6-2/h11-13,15H,5-10H2,1-4H3. The van der Waals surface area contributed by atoms with Crippen molar-refractivity contribution in [3.63, 3.8) is 0 Å².